The molecule has 0 bridgehead atoms. The SMILES string of the molecule is CCOc1ccc(N)c(S(=O)(=O)C2CCCC2)c1. The fraction of sp³-hybridized carbons (Fsp3) is 0.538. The molecule has 2 N–H and O–H groups in total. The third-order valence-electron chi connectivity index (χ3n) is 3.34. The molecule has 0 aliphatic heterocycles. The van der Waals surface area contributed by atoms with Crippen LogP contribution in [0.1, 0.15) is 32.6 Å². The first kappa shape index (κ1) is 13.2. The Kier molecular flexibility index (Phi) is 3.80. The Bertz CT molecular complexity index is 519. The number of nitrogen functional groups attached to an aromatic ring is 1. The monoisotopic (exact) mass is 269 g/mol. The molecule has 1 fully saturated rings. The van der Waals surface area contributed by atoms with Crippen molar-refractivity contribution in [2.24, 2.45) is 0 Å². The predicted octanol–water partition coefficient (Wildman–Crippen LogP) is 2.38. The average molecular weight is 269 g/mol. The highest BCUT2D eigenvalue weighted by Gasteiger charge is 2.31. The smallest absolute Gasteiger partial charge is 0.183 e. The summed E-state index contributed by atoms with van der Waals surface area (Å²) in [6, 6.07) is 4.85. The van der Waals surface area contributed by atoms with Crippen molar-refractivity contribution in [1.29, 1.82) is 0 Å². The van der Waals surface area contributed by atoms with Gasteiger partial charge in [-0.15, -0.1) is 0 Å². The van der Waals surface area contributed by atoms with Gasteiger partial charge in [0.15, 0.2) is 9.84 Å². The van der Waals surface area contributed by atoms with E-state index in [1.54, 1.807) is 18.2 Å². The van der Waals surface area contributed by atoms with Gasteiger partial charge in [-0.3, -0.25) is 0 Å². The lowest BCUT2D eigenvalue weighted by molar-refractivity contribution is 0.339. The normalized spacial score (nSPS) is 16.9. The van der Waals surface area contributed by atoms with Crippen molar-refractivity contribution in [3.8, 4) is 5.75 Å². The van der Waals surface area contributed by atoms with E-state index < -0.39 is 9.84 Å². The van der Waals surface area contributed by atoms with Crippen LogP contribution in [0.15, 0.2) is 23.1 Å². The molecule has 100 valence electrons. The van der Waals surface area contributed by atoms with Gasteiger partial charge in [0.25, 0.3) is 0 Å². The minimum atomic E-state index is -3.32. The lowest BCUT2D eigenvalue weighted by Crippen LogP contribution is -2.19. The molecule has 0 amide bonds. The summed E-state index contributed by atoms with van der Waals surface area (Å²) < 4.78 is 30.3. The summed E-state index contributed by atoms with van der Waals surface area (Å²) in [5, 5.41) is -0.281. The summed E-state index contributed by atoms with van der Waals surface area (Å²) in [4.78, 5) is 0.223. The molecule has 0 heterocycles. The molecule has 0 atom stereocenters. The third-order valence-corrected chi connectivity index (χ3v) is 5.66. The fourth-order valence-corrected chi connectivity index (χ4v) is 4.39. The van der Waals surface area contributed by atoms with Crippen molar-refractivity contribution in [3.63, 3.8) is 0 Å². The van der Waals surface area contributed by atoms with Gasteiger partial charge < -0.3 is 10.5 Å². The van der Waals surface area contributed by atoms with Gasteiger partial charge >= 0.3 is 0 Å². The second-order valence-corrected chi connectivity index (χ2v) is 6.78. The van der Waals surface area contributed by atoms with Crippen molar-refractivity contribution >= 4 is 15.5 Å². The molecular weight excluding hydrogens is 250 g/mol. The van der Waals surface area contributed by atoms with Crippen LogP contribution in [-0.4, -0.2) is 20.3 Å². The van der Waals surface area contributed by atoms with Crippen molar-refractivity contribution in [2.45, 2.75) is 42.8 Å². The standard InChI is InChI=1S/C13H19NO3S/c1-2-17-10-7-8-12(14)13(9-10)18(15,16)11-5-3-4-6-11/h7-9,11H,2-6,14H2,1H3. The van der Waals surface area contributed by atoms with Gasteiger partial charge in [-0.1, -0.05) is 12.8 Å². The maximum absolute atomic E-state index is 12.5. The number of sulfone groups is 1. The number of ether oxygens (including phenoxy) is 1. The number of nitrogens with two attached hydrogens (primary N) is 1. The first-order chi connectivity index (χ1) is 8.55. The van der Waals surface area contributed by atoms with E-state index in [0.717, 1.165) is 25.7 Å². The van der Waals surface area contributed by atoms with Gasteiger partial charge in [0.1, 0.15) is 5.75 Å². The van der Waals surface area contributed by atoms with Gasteiger partial charge in [0.05, 0.1) is 22.4 Å². The molecule has 1 aliphatic carbocycles. The Morgan fingerprint density at radius 3 is 2.61 bits per heavy atom. The Hall–Kier alpha value is -1.23. The van der Waals surface area contributed by atoms with Gasteiger partial charge in [0.2, 0.25) is 0 Å². The van der Waals surface area contributed by atoms with Crippen LogP contribution in [0.5, 0.6) is 5.75 Å². The molecule has 0 unspecified atom stereocenters. The molecule has 1 aromatic carbocycles. The molecule has 0 saturated heterocycles. The van der Waals surface area contributed by atoms with Crippen molar-refractivity contribution in [2.75, 3.05) is 12.3 Å². The van der Waals surface area contributed by atoms with Crippen molar-refractivity contribution < 1.29 is 13.2 Å². The molecular formula is C13H19NO3S. The van der Waals surface area contributed by atoms with E-state index in [0.29, 0.717) is 18.0 Å². The van der Waals surface area contributed by atoms with E-state index >= 15 is 0 Å². The molecule has 1 aromatic rings. The van der Waals surface area contributed by atoms with Crippen LogP contribution in [0.2, 0.25) is 0 Å². The molecule has 0 radical (unpaired) electrons. The van der Waals surface area contributed by atoms with E-state index in [1.165, 1.54) is 0 Å². The van der Waals surface area contributed by atoms with E-state index in [2.05, 4.69) is 0 Å². The first-order valence-corrected chi connectivity index (χ1v) is 7.86. The van der Waals surface area contributed by atoms with Gasteiger partial charge in [0, 0.05) is 6.07 Å². The number of rotatable bonds is 4. The summed E-state index contributed by atoms with van der Waals surface area (Å²) in [5.74, 6) is 0.559. The first-order valence-electron chi connectivity index (χ1n) is 6.32. The van der Waals surface area contributed by atoms with Crippen molar-refractivity contribution in [3.05, 3.63) is 18.2 Å². The van der Waals surface area contributed by atoms with Gasteiger partial charge in [-0.2, -0.15) is 0 Å². The lowest BCUT2D eigenvalue weighted by atomic mass is 10.3. The quantitative estimate of drug-likeness (QED) is 0.852. The van der Waals surface area contributed by atoms with Crippen LogP contribution in [0.3, 0.4) is 0 Å². The number of benzene rings is 1. The summed E-state index contributed by atoms with van der Waals surface area (Å²) in [6.45, 7) is 2.37. The van der Waals surface area contributed by atoms with E-state index in [9.17, 15) is 8.42 Å². The molecule has 18 heavy (non-hydrogen) atoms. The lowest BCUT2D eigenvalue weighted by Gasteiger charge is -2.14. The Balaban J connectivity index is 2.39. The Morgan fingerprint density at radius 1 is 1.33 bits per heavy atom. The molecule has 1 saturated carbocycles. The molecule has 4 nitrogen and oxygen atoms in total. The average Bonchev–Trinajstić information content (AvgIpc) is 2.86. The van der Waals surface area contributed by atoms with Crippen LogP contribution in [-0.2, 0) is 9.84 Å². The highest BCUT2D eigenvalue weighted by Crippen LogP contribution is 2.33. The summed E-state index contributed by atoms with van der Waals surface area (Å²) >= 11 is 0. The van der Waals surface area contributed by atoms with Crippen molar-refractivity contribution in [1.82, 2.24) is 0 Å². The highest BCUT2D eigenvalue weighted by molar-refractivity contribution is 7.92. The maximum Gasteiger partial charge on any atom is 0.183 e. The van der Waals surface area contributed by atoms with Crippen LogP contribution < -0.4 is 10.5 Å². The highest BCUT2D eigenvalue weighted by atomic mass is 32.2. The molecule has 0 spiro atoms. The predicted molar refractivity (Wildman–Crippen MR) is 71.5 cm³/mol. The summed E-state index contributed by atoms with van der Waals surface area (Å²) in [5.41, 5.74) is 6.12. The van der Waals surface area contributed by atoms with E-state index in [1.807, 2.05) is 6.92 Å². The second kappa shape index (κ2) is 5.18. The number of hydrogen-bond acceptors (Lipinski definition) is 4. The minimum Gasteiger partial charge on any atom is -0.494 e. The largest absolute Gasteiger partial charge is 0.494 e. The maximum atomic E-state index is 12.5. The van der Waals surface area contributed by atoms with Crippen LogP contribution in [0.25, 0.3) is 0 Å². The van der Waals surface area contributed by atoms with E-state index in [4.69, 9.17) is 10.5 Å². The zero-order valence-corrected chi connectivity index (χ0v) is 11.4. The second-order valence-electron chi connectivity index (χ2n) is 4.58. The number of hydrogen-bond donors (Lipinski definition) is 1. The zero-order valence-electron chi connectivity index (χ0n) is 10.6. The number of anilines is 1. The Morgan fingerprint density at radius 2 is 2.00 bits per heavy atom. The molecule has 0 aromatic heterocycles. The topological polar surface area (TPSA) is 69.4 Å². The minimum absolute atomic E-state index is 0.223. The van der Waals surface area contributed by atoms with Crippen LogP contribution >= 0.6 is 0 Å². The van der Waals surface area contributed by atoms with E-state index in [-0.39, 0.29) is 10.1 Å². The molecule has 1 aliphatic rings. The molecule has 2 rings (SSSR count). The van der Waals surface area contributed by atoms with Gasteiger partial charge in [-0.05, 0) is 31.9 Å². The zero-order chi connectivity index (χ0) is 13.2. The summed E-state index contributed by atoms with van der Waals surface area (Å²) in [7, 11) is -3.32. The van der Waals surface area contributed by atoms with Crippen LogP contribution in [0, 0.1) is 0 Å². The summed E-state index contributed by atoms with van der Waals surface area (Å²) in [6.07, 6.45) is 3.44. The van der Waals surface area contributed by atoms with Gasteiger partial charge in [-0.25, -0.2) is 8.42 Å². The van der Waals surface area contributed by atoms with Crippen LogP contribution in [0.4, 0.5) is 5.69 Å². The third kappa shape index (κ3) is 2.46. The molecule has 5 heteroatoms. The Labute approximate surface area is 108 Å². The fourth-order valence-electron chi connectivity index (χ4n) is 2.40.